The van der Waals surface area contributed by atoms with Crippen LogP contribution in [0.15, 0.2) is 29.2 Å². The summed E-state index contributed by atoms with van der Waals surface area (Å²) >= 11 is 0. The second-order valence-electron chi connectivity index (χ2n) is 5.22. The molecule has 0 radical (unpaired) electrons. The zero-order valence-corrected chi connectivity index (χ0v) is 12.6. The molecule has 20 heavy (non-hydrogen) atoms. The van der Waals surface area contributed by atoms with Gasteiger partial charge in [-0.1, -0.05) is 6.07 Å². The fourth-order valence-electron chi connectivity index (χ4n) is 2.39. The molecule has 1 aliphatic heterocycles. The lowest BCUT2D eigenvalue weighted by Gasteiger charge is -2.31. The van der Waals surface area contributed by atoms with Crippen molar-refractivity contribution in [2.45, 2.75) is 23.8 Å². The van der Waals surface area contributed by atoms with Crippen LogP contribution < -0.4 is 5.32 Å². The standard InChI is InChI=1S/C14H20N2O3S/c1-16(12-6-4-8-15-10-12)14(17)11-5-3-7-13(9-11)20(2,18)19/h3,5,7,9,12,15H,4,6,8,10H2,1-2H3. The molecule has 0 saturated carbocycles. The molecule has 2 rings (SSSR count). The van der Waals surface area contributed by atoms with Gasteiger partial charge in [-0.05, 0) is 37.6 Å². The van der Waals surface area contributed by atoms with Crippen molar-refractivity contribution >= 4 is 15.7 Å². The van der Waals surface area contributed by atoms with Crippen molar-refractivity contribution in [3.8, 4) is 0 Å². The molecule has 110 valence electrons. The molecule has 1 aromatic carbocycles. The number of carbonyl (C=O) groups is 1. The molecule has 0 spiro atoms. The molecule has 0 aliphatic carbocycles. The molecular weight excluding hydrogens is 276 g/mol. The summed E-state index contributed by atoms with van der Waals surface area (Å²) in [5, 5.41) is 3.27. The van der Waals surface area contributed by atoms with Crippen LogP contribution in [0.1, 0.15) is 23.2 Å². The number of benzene rings is 1. The molecule has 1 fully saturated rings. The Balaban J connectivity index is 2.20. The van der Waals surface area contributed by atoms with Gasteiger partial charge in [0, 0.05) is 31.5 Å². The molecule has 0 aromatic heterocycles. The van der Waals surface area contributed by atoms with Crippen LogP contribution >= 0.6 is 0 Å². The number of carbonyl (C=O) groups excluding carboxylic acids is 1. The van der Waals surface area contributed by atoms with Crippen molar-refractivity contribution in [1.82, 2.24) is 10.2 Å². The Bertz CT molecular complexity index is 592. The van der Waals surface area contributed by atoms with Crippen LogP contribution in [0.2, 0.25) is 0 Å². The van der Waals surface area contributed by atoms with E-state index in [1.807, 2.05) is 0 Å². The minimum atomic E-state index is -3.29. The Morgan fingerprint density at radius 2 is 2.15 bits per heavy atom. The first-order chi connectivity index (χ1) is 9.39. The Kier molecular flexibility index (Phi) is 4.45. The summed E-state index contributed by atoms with van der Waals surface area (Å²) in [7, 11) is -1.52. The summed E-state index contributed by atoms with van der Waals surface area (Å²) in [4.78, 5) is 14.3. The second-order valence-corrected chi connectivity index (χ2v) is 7.23. The van der Waals surface area contributed by atoms with Crippen LogP contribution in [0, 0.1) is 0 Å². The molecule has 5 nitrogen and oxygen atoms in total. The highest BCUT2D eigenvalue weighted by atomic mass is 32.2. The number of amides is 1. The van der Waals surface area contributed by atoms with Crippen LogP contribution in [-0.4, -0.2) is 51.7 Å². The van der Waals surface area contributed by atoms with E-state index in [-0.39, 0.29) is 16.8 Å². The first-order valence-corrected chi connectivity index (χ1v) is 8.57. The molecule has 1 atom stereocenters. The van der Waals surface area contributed by atoms with Crippen LogP contribution in [0.4, 0.5) is 0 Å². The van der Waals surface area contributed by atoms with Gasteiger partial charge in [0.25, 0.3) is 5.91 Å². The highest BCUT2D eigenvalue weighted by molar-refractivity contribution is 7.90. The third-order valence-electron chi connectivity index (χ3n) is 3.65. The van der Waals surface area contributed by atoms with Gasteiger partial charge in [-0.25, -0.2) is 8.42 Å². The largest absolute Gasteiger partial charge is 0.337 e. The third-order valence-corrected chi connectivity index (χ3v) is 4.76. The summed E-state index contributed by atoms with van der Waals surface area (Å²) in [6.45, 7) is 1.77. The van der Waals surface area contributed by atoms with Gasteiger partial charge in [0.2, 0.25) is 0 Å². The van der Waals surface area contributed by atoms with Crippen LogP contribution in [0.3, 0.4) is 0 Å². The monoisotopic (exact) mass is 296 g/mol. The Morgan fingerprint density at radius 3 is 2.75 bits per heavy atom. The van der Waals surface area contributed by atoms with Gasteiger partial charge in [0.05, 0.1) is 4.90 Å². The minimum absolute atomic E-state index is 0.135. The van der Waals surface area contributed by atoms with Crippen molar-refractivity contribution in [2.75, 3.05) is 26.4 Å². The van der Waals surface area contributed by atoms with E-state index in [0.717, 1.165) is 32.2 Å². The topological polar surface area (TPSA) is 66.5 Å². The fourth-order valence-corrected chi connectivity index (χ4v) is 3.06. The highest BCUT2D eigenvalue weighted by Crippen LogP contribution is 2.16. The van der Waals surface area contributed by atoms with Gasteiger partial charge >= 0.3 is 0 Å². The second kappa shape index (κ2) is 5.93. The van der Waals surface area contributed by atoms with Gasteiger partial charge < -0.3 is 10.2 Å². The maximum atomic E-state index is 12.4. The number of nitrogens with one attached hydrogen (secondary N) is 1. The number of hydrogen-bond acceptors (Lipinski definition) is 4. The predicted molar refractivity (Wildman–Crippen MR) is 77.5 cm³/mol. The summed E-state index contributed by atoms with van der Waals surface area (Å²) in [6.07, 6.45) is 3.16. The Labute approximate surface area is 119 Å². The van der Waals surface area contributed by atoms with E-state index in [1.54, 1.807) is 24.1 Å². The number of likely N-dealkylation sites (N-methyl/N-ethyl adjacent to an activating group) is 1. The van der Waals surface area contributed by atoms with Crippen molar-refractivity contribution < 1.29 is 13.2 Å². The van der Waals surface area contributed by atoms with Crippen LogP contribution in [-0.2, 0) is 9.84 Å². The van der Waals surface area contributed by atoms with Crippen LogP contribution in [0.25, 0.3) is 0 Å². The number of piperidine rings is 1. The lowest BCUT2D eigenvalue weighted by atomic mass is 10.1. The van der Waals surface area contributed by atoms with E-state index in [2.05, 4.69) is 5.32 Å². The van der Waals surface area contributed by atoms with Crippen molar-refractivity contribution in [1.29, 1.82) is 0 Å². The van der Waals surface area contributed by atoms with Gasteiger partial charge in [0.15, 0.2) is 9.84 Å². The summed E-state index contributed by atoms with van der Waals surface area (Å²) in [5.74, 6) is -0.135. The molecule has 1 N–H and O–H groups in total. The molecule has 1 aromatic rings. The van der Waals surface area contributed by atoms with E-state index >= 15 is 0 Å². The van der Waals surface area contributed by atoms with E-state index in [4.69, 9.17) is 0 Å². The summed E-state index contributed by atoms with van der Waals surface area (Å²) in [5.41, 5.74) is 0.418. The quantitative estimate of drug-likeness (QED) is 0.900. The van der Waals surface area contributed by atoms with Gasteiger partial charge in [-0.2, -0.15) is 0 Å². The molecule has 1 aliphatic rings. The van der Waals surface area contributed by atoms with Crippen molar-refractivity contribution in [3.05, 3.63) is 29.8 Å². The lowest BCUT2D eigenvalue weighted by Crippen LogP contribution is -2.46. The number of rotatable bonds is 3. The molecule has 6 heteroatoms. The smallest absolute Gasteiger partial charge is 0.253 e. The minimum Gasteiger partial charge on any atom is -0.337 e. The summed E-state index contributed by atoms with van der Waals surface area (Å²) < 4.78 is 23.1. The van der Waals surface area contributed by atoms with E-state index < -0.39 is 9.84 Å². The molecule has 1 unspecified atom stereocenters. The van der Waals surface area contributed by atoms with E-state index in [9.17, 15) is 13.2 Å². The van der Waals surface area contributed by atoms with Crippen LogP contribution in [0.5, 0.6) is 0 Å². The van der Waals surface area contributed by atoms with E-state index in [1.165, 1.54) is 12.1 Å². The molecule has 0 bridgehead atoms. The predicted octanol–water partition coefficient (Wildman–Crippen LogP) is 0.914. The summed E-state index contributed by atoms with van der Waals surface area (Å²) in [6, 6.07) is 6.39. The first kappa shape index (κ1) is 15.0. The lowest BCUT2D eigenvalue weighted by molar-refractivity contribution is 0.0708. The van der Waals surface area contributed by atoms with Gasteiger partial charge in [0.1, 0.15) is 0 Å². The maximum absolute atomic E-state index is 12.4. The van der Waals surface area contributed by atoms with E-state index in [0.29, 0.717) is 5.56 Å². The van der Waals surface area contributed by atoms with Crippen molar-refractivity contribution in [3.63, 3.8) is 0 Å². The van der Waals surface area contributed by atoms with Crippen molar-refractivity contribution in [2.24, 2.45) is 0 Å². The van der Waals surface area contributed by atoms with Gasteiger partial charge in [-0.15, -0.1) is 0 Å². The number of nitrogens with zero attached hydrogens (tertiary/aromatic N) is 1. The normalized spacial score (nSPS) is 19.6. The Morgan fingerprint density at radius 1 is 1.40 bits per heavy atom. The number of hydrogen-bond donors (Lipinski definition) is 1. The highest BCUT2D eigenvalue weighted by Gasteiger charge is 2.23. The fraction of sp³-hybridized carbons (Fsp3) is 0.500. The SMILES string of the molecule is CN(C(=O)c1cccc(S(C)(=O)=O)c1)C1CCCNC1. The molecule has 1 heterocycles. The molecule has 1 amide bonds. The average Bonchev–Trinajstić information content (AvgIpc) is 2.46. The zero-order chi connectivity index (χ0) is 14.8. The average molecular weight is 296 g/mol. The molecular formula is C14H20N2O3S. The van der Waals surface area contributed by atoms with Gasteiger partial charge in [-0.3, -0.25) is 4.79 Å². The zero-order valence-electron chi connectivity index (χ0n) is 11.8. The third kappa shape index (κ3) is 3.37. The Hall–Kier alpha value is -1.40. The molecule has 1 saturated heterocycles. The first-order valence-electron chi connectivity index (χ1n) is 6.67. The number of sulfone groups is 1. The maximum Gasteiger partial charge on any atom is 0.253 e.